The summed E-state index contributed by atoms with van der Waals surface area (Å²) in [6.07, 6.45) is 96.0. The first-order valence-electron chi connectivity index (χ1n) is 41.2. The van der Waals surface area contributed by atoms with E-state index in [9.17, 15) is 14.4 Å². The van der Waals surface area contributed by atoms with Crippen LogP contribution >= 0.6 is 0 Å². The molecule has 0 fully saturated rings. The summed E-state index contributed by atoms with van der Waals surface area (Å²) in [5.74, 6) is 0.0470. The quantitative estimate of drug-likeness (QED) is 0.0261. The van der Waals surface area contributed by atoms with E-state index in [1.54, 1.807) is 0 Å². The van der Waals surface area contributed by atoms with Crippen LogP contribution in [0.2, 0.25) is 0 Å². The molecule has 6 nitrogen and oxygen atoms in total. The van der Waals surface area contributed by atoms with Crippen LogP contribution in [0.5, 0.6) is 0 Å². The first kappa shape index (κ1) is 92.1. The molecular weight excluding hydrogens is 1100 g/mol. The zero-order valence-corrected chi connectivity index (χ0v) is 62.5. The van der Waals surface area contributed by atoms with Crippen molar-refractivity contribution in [2.75, 3.05) is 19.8 Å². The number of allylic oxidation sites excluding steroid dienone is 4. The van der Waals surface area contributed by atoms with Gasteiger partial charge in [0.15, 0.2) is 0 Å². The van der Waals surface area contributed by atoms with Gasteiger partial charge < -0.3 is 14.2 Å². The van der Waals surface area contributed by atoms with Crippen molar-refractivity contribution in [2.24, 2.45) is 0 Å². The van der Waals surface area contributed by atoms with Gasteiger partial charge in [0.25, 0.3) is 0 Å². The maximum Gasteiger partial charge on any atom is 0.305 e. The molecule has 0 aromatic rings. The van der Waals surface area contributed by atoms with Gasteiger partial charge in [0.2, 0.25) is 0 Å². The highest BCUT2D eigenvalue weighted by Gasteiger charge is 2.06. The third kappa shape index (κ3) is 92.3. The predicted octanol–water partition coefficient (Wildman–Crippen LogP) is 29.3. The van der Waals surface area contributed by atoms with E-state index in [0.717, 1.165) is 51.4 Å². The van der Waals surface area contributed by atoms with Gasteiger partial charge in [-0.15, -0.1) is 0 Å². The van der Waals surface area contributed by atoms with Crippen molar-refractivity contribution < 1.29 is 28.6 Å². The van der Waals surface area contributed by atoms with E-state index < -0.39 is 0 Å². The summed E-state index contributed by atoms with van der Waals surface area (Å²) < 4.78 is 16.1. The SMILES string of the molecule is CCCCC/C=C\C/C=C\CCCCCCCC(=O)OCCCCCCCCCCCCCC.CCCCCCCCCCCCCCOC(=O)CCCCCCCCCCC.CCCCCCCCCCCCCCOC(=O)CCCCCCCCCCC. The Balaban J connectivity index is -0.00000127. The van der Waals surface area contributed by atoms with Crippen LogP contribution in [0.25, 0.3) is 0 Å². The molecule has 0 heterocycles. The van der Waals surface area contributed by atoms with Crippen molar-refractivity contribution in [2.45, 2.75) is 478 Å². The summed E-state index contributed by atoms with van der Waals surface area (Å²) >= 11 is 0. The molecule has 0 bridgehead atoms. The summed E-state index contributed by atoms with van der Waals surface area (Å²) in [4.78, 5) is 35.3. The Labute approximate surface area is 565 Å². The molecular formula is C84H164O6. The number of hydrogen-bond donors (Lipinski definition) is 0. The fourth-order valence-corrected chi connectivity index (χ4v) is 11.8. The van der Waals surface area contributed by atoms with Crippen LogP contribution in [0.4, 0.5) is 0 Å². The molecule has 0 N–H and O–H groups in total. The average molecular weight is 1270 g/mol. The van der Waals surface area contributed by atoms with E-state index >= 15 is 0 Å². The zero-order chi connectivity index (χ0) is 65.9. The van der Waals surface area contributed by atoms with Crippen molar-refractivity contribution in [1.82, 2.24) is 0 Å². The Hall–Kier alpha value is -2.11. The topological polar surface area (TPSA) is 78.9 Å². The molecule has 0 spiro atoms. The van der Waals surface area contributed by atoms with E-state index in [4.69, 9.17) is 14.2 Å². The maximum absolute atomic E-state index is 11.8. The van der Waals surface area contributed by atoms with Crippen molar-refractivity contribution >= 4 is 17.9 Å². The van der Waals surface area contributed by atoms with Gasteiger partial charge in [0, 0.05) is 19.3 Å². The van der Waals surface area contributed by atoms with Crippen molar-refractivity contribution in [3.63, 3.8) is 0 Å². The largest absolute Gasteiger partial charge is 0.466 e. The van der Waals surface area contributed by atoms with Gasteiger partial charge in [-0.1, -0.05) is 413 Å². The lowest BCUT2D eigenvalue weighted by Crippen LogP contribution is -2.05. The molecule has 0 unspecified atom stereocenters. The summed E-state index contributed by atoms with van der Waals surface area (Å²) in [7, 11) is 0. The first-order valence-corrected chi connectivity index (χ1v) is 41.2. The molecule has 0 aliphatic heterocycles. The second-order valence-electron chi connectivity index (χ2n) is 27.5. The number of unbranched alkanes of at least 4 members (excludes halogenated alkanes) is 57. The fourth-order valence-electron chi connectivity index (χ4n) is 11.8. The summed E-state index contributed by atoms with van der Waals surface area (Å²) in [5, 5.41) is 0. The summed E-state index contributed by atoms with van der Waals surface area (Å²) in [6.45, 7) is 15.5. The number of carbonyl (C=O) groups excluding carboxylic acids is 3. The smallest absolute Gasteiger partial charge is 0.305 e. The van der Waals surface area contributed by atoms with E-state index in [2.05, 4.69) is 65.8 Å². The summed E-state index contributed by atoms with van der Waals surface area (Å²) in [6, 6.07) is 0. The van der Waals surface area contributed by atoms with Crippen LogP contribution in [-0.2, 0) is 28.6 Å². The number of rotatable bonds is 73. The van der Waals surface area contributed by atoms with Gasteiger partial charge >= 0.3 is 17.9 Å². The Morgan fingerprint density at radius 3 is 0.556 bits per heavy atom. The number of esters is 3. The lowest BCUT2D eigenvalue weighted by Gasteiger charge is -2.05. The highest BCUT2D eigenvalue weighted by atomic mass is 16.5. The minimum Gasteiger partial charge on any atom is -0.466 e. The molecule has 0 amide bonds. The Kier molecular flexibility index (Phi) is 91.0. The van der Waals surface area contributed by atoms with E-state index in [1.807, 2.05) is 0 Å². The van der Waals surface area contributed by atoms with Crippen LogP contribution in [0.1, 0.15) is 478 Å². The van der Waals surface area contributed by atoms with Crippen LogP contribution in [0, 0.1) is 0 Å². The number of ether oxygens (including phenoxy) is 3. The molecule has 0 aromatic heterocycles. The molecule has 0 aromatic carbocycles. The van der Waals surface area contributed by atoms with E-state index in [-0.39, 0.29) is 17.9 Å². The van der Waals surface area contributed by atoms with Gasteiger partial charge in [-0.2, -0.15) is 0 Å². The highest BCUT2D eigenvalue weighted by molar-refractivity contribution is 5.69. The third-order valence-electron chi connectivity index (χ3n) is 18.1. The van der Waals surface area contributed by atoms with Gasteiger partial charge in [-0.05, 0) is 70.6 Å². The Bertz CT molecular complexity index is 1310. The monoisotopic (exact) mass is 1270 g/mol. The molecule has 536 valence electrons. The Morgan fingerprint density at radius 2 is 0.344 bits per heavy atom. The zero-order valence-electron chi connectivity index (χ0n) is 62.5. The van der Waals surface area contributed by atoms with Gasteiger partial charge in [0.1, 0.15) is 0 Å². The number of carbonyl (C=O) groups is 3. The van der Waals surface area contributed by atoms with Crippen LogP contribution in [0.15, 0.2) is 24.3 Å². The molecule has 0 saturated carbocycles. The molecule has 0 saturated heterocycles. The third-order valence-corrected chi connectivity index (χ3v) is 18.1. The maximum atomic E-state index is 11.8. The van der Waals surface area contributed by atoms with Gasteiger partial charge in [0.05, 0.1) is 19.8 Å². The summed E-state index contributed by atoms with van der Waals surface area (Å²) in [5.41, 5.74) is 0. The molecule has 0 aliphatic carbocycles. The number of hydrogen-bond acceptors (Lipinski definition) is 6. The van der Waals surface area contributed by atoms with Gasteiger partial charge in [-0.3, -0.25) is 14.4 Å². The molecule has 0 aliphatic rings. The first-order chi connectivity index (χ1) is 44.4. The Morgan fingerprint density at radius 1 is 0.189 bits per heavy atom. The van der Waals surface area contributed by atoms with Crippen molar-refractivity contribution in [3.05, 3.63) is 24.3 Å². The lowest BCUT2D eigenvalue weighted by atomic mass is 10.1. The van der Waals surface area contributed by atoms with Crippen LogP contribution in [-0.4, -0.2) is 37.7 Å². The second-order valence-corrected chi connectivity index (χ2v) is 27.5. The molecule has 0 atom stereocenters. The van der Waals surface area contributed by atoms with Crippen LogP contribution in [0.3, 0.4) is 0 Å². The molecule has 6 heteroatoms. The van der Waals surface area contributed by atoms with Crippen molar-refractivity contribution in [3.8, 4) is 0 Å². The van der Waals surface area contributed by atoms with Crippen LogP contribution < -0.4 is 0 Å². The fraction of sp³-hybridized carbons (Fsp3) is 0.917. The standard InChI is InChI=1S/C32H60O2.2C26H52O2/c1-3-5-7-9-11-13-15-17-18-19-20-22-24-26-28-30-32(33)34-31-29-27-25-23-21-16-14-12-10-8-6-4-2;2*1-3-5-7-9-11-13-14-15-17-19-21-23-25-28-26(27)24-22-20-18-16-12-10-8-6-4-2/h11,13,17-18H,3-10,12,14-16,19-31H2,1-2H3;2*3-25H2,1-2H3/b13-11-,18-17-;;. The highest BCUT2D eigenvalue weighted by Crippen LogP contribution is 2.18. The predicted molar refractivity (Wildman–Crippen MR) is 399 cm³/mol. The van der Waals surface area contributed by atoms with E-state index in [0.29, 0.717) is 39.1 Å². The minimum absolute atomic E-state index is 0.00811. The average Bonchev–Trinajstić information content (AvgIpc) is 3.58. The normalized spacial score (nSPS) is 11.3. The molecule has 0 radical (unpaired) electrons. The van der Waals surface area contributed by atoms with Gasteiger partial charge in [-0.25, -0.2) is 0 Å². The minimum atomic E-state index is 0.00811. The van der Waals surface area contributed by atoms with Crippen molar-refractivity contribution in [1.29, 1.82) is 0 Å². The second kappa shape index (κ2) is 88.9. The lowest BCUT2D eigenvalue weighted by molar-refractivity contribution is -0.144. The van der Waals surface area contributed by atoms with E-state index in [1.165, 1.54) is 366 Å². The molecule has 90 heavy (non-hydrogen) atoms. The molecule has 0 rings (SSSR count).